The van der Waals surface area contributed by atoms with Crippen LogP contribution >= 0.6 is 0 Å². The lowest BCUT2D eigenvalue weighted by Gasteiger charge is -2.30. The van der Waals surface area contributed by atoms with Crippen molar-refractivity contribution in [2.24, 2.45) is 5.92 Å². The number of likely N-dealkylation sites (tertiary alicyclic amines) is 1. The van der Waals surface area contributed by atoms with Crippen LogP contribution in [-0.4, -0.2) is 23.0 Å². The Morgan fingerprint density at radius 3 is 2.70 bits per heavy atom. The molecule has 2 aromatic rings. The Morgan fingerprint density at radius 1 is 1.25 bits per heavy atom. The van der Waals surface area contributed by atoms with Crippen molar-refractivity contribution in [2.75, 3.05) is 13.1 Å². The maximum Gasteiger partial charge on any atom is 0.194 e. The van der Waals surface area contributed by atoms with Crippen molar-refractivity contribution in [3.8, 4) is 0 Å². The fourth-order valence-corrected chi connectivity index (χ4v) is 3.03. The molecule has 0 unspecified atom stereocenters. The number of rotatable bonds is 2. The van der Waals surface area contributed by atoms with E-state index in [0.29, 0.717) is 0 Å². The van der Waals surface area contributed by atoms with E-state index in [0.717, 1.165) is 47.7 Å². The molecule has 0 bridgehead atoms. The van der Waals surface area contributed by atoms with Gasteiger partial charge in [0.15, 0.2) is 5.43 Å². The van der Waals surface area contributed by atoms with Crippen molar-refractivity contribution in [3.63, 3.8) is 0 Å². The molecule has 0 amide bonds. The van der Waals surface area contributed by atoms with Gasteiger partial charge in [-0.1, -0.05) is 19.1 Å². The second-order valence-electron chi connectivity index (χ2n) is 6.06. The van der Waals surface area contributed by atoms with Gasteiger partial charge in [-0.2, -0.15) is 0 Å². The van der Waals surface area contributed by atoms with Gasteiger partial charge in [-0.25, -0.2) is 0 Å². The van der Waals surface area contributed by atoms with Gasteiger partial charge in [-0.3, -0.25) is 9.69 Å². The lowest BCUT2D eigenvalue weighted by atomic mass is 9.98. The number of aromatic amines is 1. The fraction of sp³-hybridized carbons (Fsp3) is 0.471. The van der Waals surface area contributed by atoms with E-state index in [1.54, 1.807) is 0 Å². The van der Waals surface area contributed by atoms with Gasteiger partial charge in [0.25, 0.3) is 0 Å². The number of para-hydroxylation sites is 1. The maximum atomic E-state index is 12.6. The largest absolute Gasteiger partial charge is 0.358 e. The van der Waals surface area contributed by atoms with Crippen LogP contribution in [0.2, 0.25) is 0 Å². The number of fused-ring (bicyclic) bond motifs is 1. The zero-order valence-electron chi connectivity index (χ0n) is 12.3. The molecule has 3 nitrogen and oxygen atoms in total. The highest BCUT2D eigenvalue weighted by atomic mass is 16.1. The molecule has 1 aromatic carbocycles. The van der Waals surface area contributed by atoms with Crippen molar-refractivity contribution >= 4 is 10.9 Å². The normalized spacial score (nSPS) is 17.7. The maximum absolute atomic E-state index is 12.6. The van der Waals surface area contributed by atoms with Gasteiger partial charge in [0.05, 0.1) is 0 Å². The lowest BCUT2D eigenvalue weighted by molar-refractivity contribution is 0.184. The first-order valence-corrected chi connectivity index (χ1v) is 7.48. The first kappa shape index (κ1) is 13.4. The zero-order chi connectivity index (χ0) is 14.1. The van der Waals surface area contributed by atoms with E-state index in [1.807, 2.05) is 31.2 Å². The molecule has 3 rings (SSSR count). The highest BCUT2D eigenvalue weighted by Crippen LogP contribution is 2.19. The number of nitrogens with one attached hydrogen (secondary N) is 1. The monoisotopic (exact) mass is 270 g/mol. The van der Waals surface area contributed by atoms with Crippen LogP contribution in [0.25, 0.3) is 10.9 Å². The molecular formula is C17H22N2O. The molecule has 20 heavy (non-hydrogen) atoms. The van der Waals surface area contributed by atoms with Gasteiger partial charge in [0, 0.05) is 28.7 Å². The Labute approximate surface area is 119 Å². The number of hydrogen-bond donors (Lipinski definition) is 1. The molecule has 3 heteroatoms. The first-order chi connectivity index (χ1) is 9.65. The summed E-state index contributed by atoms with van der Waals surface area (Å²) in [6, 6.07) is 7.77. The zero-order valence-corrected chi connectivity index (χ0v) is 12.3. The Kier molecular flexibility index (Phi) is 3.62. The topological polar surface area (TPSA) is 36.1 Å². The smallest absolute Gasteiger partial charge is 0.194 e. The third kappa shape index (κ3) is 2.50. The van der Waals surface area contributed by atoms with Crippen molar-refractivity contribution < 1.29 is 0 Å². The highest BCUT2D eigenvalue weighted by molar-refractivity contribution is 5.79. The summed E-state index contributed by atoms with van der Waals surface area (Å²) in [6.45, 7) is 7.31. The van der Waals surface area contributed by atoms with Crippen LogP contribution in [0.3, 0.4) is 0 Å². The average molecular weight is 270 g/mol. The summed E-state index contributed by atoms with van der Waals surface area (Å²) >= 11 is 0. The molecule has 1 saturated heterocycles. The number of piperidine rings is 1. The molecule has 0 aliphatic carbocycles. The number of H-pyrrole nitrogens is 1. The van der Waals surface area contributed by atoms with Crippen molar-refractivity contribution in [1.29, 1.82) is 0 Å². The minimum absolute atomic E-state index is 0.190. The van der Waals surface area contributed by atoms with Crippen LogP contribution in [0.4, 0.5) is 0 Å². The van der Waals surface area contributed by atoms with Crippen molar-refractivity contribution in [3.05, 3.63) is 45.7 Å². The minimum atomic E-state index is 0.190. The number of pyridine rings is 1. The fourth-order valence-electron chi connectivity index (χ4n) is 3.03. The summed E-state index contributed by atoms with van der Waals surface area (Å²) in [5, 5.41) is 0.804. The quantitative estimate of drug-likeness (QED) is 0.910. The summed E-state index contributed by atoms with van der Waals surface area (Å²) in [6.07, 6.45) is 2.48. The molecule has 0 atom stereocenters. The third-order valence-electron chi connectivity index (χ3n) is 4.48. The van der Waals surface area contributed by atoms with E-state index in [-0.39, 0.29) is 5.43 Å². The van der Waals surface area contributed by atoms with Gasteiger partial charge in [0.2, 0.25) is 0 Å². The van der Waals surface area contributed by atoms with Gasteiger partial charge in [0.1, 0.15) is 0 Å². The second-order valence-corrected chi connectivity index (χ2v) is 6.06. The van der Waals surface area contributed by atoms with Gasteiger partial charge < -0.3 is 4.98 Å². The molecule has 1 aliphatic rings. The average Bonchev–Trinajstić information content (AvgIpc) is 2.45. The predicted molar refractivity (Wildman–Crippen MR) is 83.0 cm³/mol. The third-order valence-corrected chi connectivity index (χ3v) is 4.48. The molecule has 1 aliphatic heterocycles. The SMILES string of the molecule is Cc1[nH]c2ccccc2c(=O)c1CN1CCC(C)CC1. The molecule has 0 spiro atoms. The van der Waals surface area contributed by atoms with Gasteiger partial charge in [-0.15, -0.1) is 0 Å². The molecule has 1 N–H and O–H groups in total. The Balaban J connectivity index is 1.93. The number of aryl methyl sites for hydroxylation is 1. The standard InChI is InChI=1S/C17H22N2O/c1-12-7-9-19(10-8-12)11-15-13(2)18-16-6-4-3-5-14(16)17(15)20/h3-6,12H,7-11H2,1-2H3,(H,18,20). The van der Waals surface area contributed by atoms with Crippen LogP contribution in [0, 0.1) is 12.8 Å². The lowest BCUT2D eigenvalue weighted by Crippen LogP contribution is -2.34. The van der Waals surface area contributed by atoms with Crippen LogP contribution in [0.1, 0.15) is 31.0 Å². The van der Waals surface area contributed by atoms with Crippen LogP contribution in [-0.2, 0) is 6.54 Å². The molecule has 1 aromatic heterocycles. The molecule has 2 heterocycles. The van der Waals surface area contributed by atoms with E-state index < -0.39 is 0 Å². The van der Waals surface area contributed by atoms with E-state index in [9.17, 15) is 4.79 Å². The van der Waals surface area contributed by atoms with Gasteiger partial charge >= 0.3 is 0 Å². The molecule has 1 fully saturated rings. The summed E-state index contributed by atoms with van der Waals surface area (Å²) in [4.78, 5) is 18.4. The number of hydrogen-bond acceptors (Lipinski definition) is 2. The van der Waals surface area contributed by atoms with Crippen LogP contribution in [0.5, 0.6) is 0 Å². The van der Waals surface area contributed by atoms with E-state index in [2.05, 4.69) is 16.8 Å². The molecule has 0 radical (unpaired) electrons. The van der Waals surface area contributed by atoms with E-state index in [4.69, 9.17) is 0 Å². The Hall–Kier alpha value is -1.61. The molecule has 0 saturated carbocycles. The highest BCUT2D eigenvalue weighted by Gasteiger charge is 2.18. The van der Waals surface area contributed by atoms with Crippen molar-refractivity contribution in [1.82, 2.24) is 9.88 Å². The minimum Gasteiger partial charge on any atom is -0.358 e. The number of aromatic nitrogens is 1. The van der Waals surface area contributed by atoms with Crippen LogP contribution < -0.4 is 5.43 Å². The summed E-state index contributed by atoms with van der Waals surface area (Å²) in [5.74, 6) is 0.822. The van der Waals surface area contributed by atoms with Crippen molar-refractivity contribution in [2.45, 2.75) is 33.2 Å². The number of benzene rings is 1. The summed E-state index contributed by atoms with van der Waals surface area (Å²) in [7, 11) is 0. The first-order valence-electron chi connectivity index (χ1n) is 7.48. The second kappa shape index (κ2) is 5.41. The summed E-state index contributed by atoms with van der Waals surface area (Å²) in [5.41, 5.74) is 3.06. The number of nitrogens with zero attached hydrogens (tertiary/aromatic N) is 1. The summed E-state index contributed by atoms with van der Waals surface area (Å²) < 4.78 is 0. The molecule has 106 valence electrons. The van der Waals surface area contributed by atoms with E-state index >= 15 is 0 Å². The molecular weight excluding hydrogens is 248 g/mol. The van der Waals surface area contributed by atoms with E-state index in [1.165, 1.54) is 12.8 Å². The Bertz CT molecular complexity index is 666. The van der Waals surface area contributed by atoms with Gasteiger partial charge in [-0.05, 0) is 50.9 Å². The van der Waals surface area contributed by atoms with Crippen LogP contribution in [0.15, 0.2) is 29.1 Å². The Morgan fingerprint density at radius 2 is 1.95 bits per heavy atom. The predicted octanol–water partition coefficient (Wildman–Crippen LogP) is 3.07.